The minimum absolute atomic E-state index is 0.0416. The maximum atomic E-state index is 11.3. The maximum absolute atomic E-state index is 11.3. The molecule has 0 saturated heterocycles. The van der Waals surface area contributed by atoms with Crippen LogP contribution in [0.5, 0.6) is 0 Å². The Balaban J connectivity index is 1.93. The molecule has 0 unspecified atom stereocenters. The van der Waals surface area contributed by atoms with E-state index >= 15 is 0 Å². The van der Waals surface area contributed by atoms with Gasteiger partial charge in [-0.3, -0.25) is 4.72 Å². The van der Waals surface area contributed by atoms with Gasteiger partial charge in [-0.05, 0) is 42.0 Å². The molecule has 2 aromatic rings. The zero-order chi connectivity index (χ0) is 17.8. The van der Waals surface area contributed by atoms with Crippen LogP contribution in [0.25, 0.3) is 0 Å². The summed E-state index contributed by atoms with van der Waals surface area (Å²) in [5, 5.41) is 0. The molecule has 9 heteroatoms. The lowest BCUT2D eigenvalue weighted by Crippen LogP contribution is -2.09. The van der Waals surface area contributed by atoms with Crippen molar-refractivity contribution in [1.29, 1.82) is 0 Å². The smallest absolute Gasteiger partial charge is 0.229 e. The van der Waals surface area contributed by atoms with E-state index in [-0.39, 0.29) is 5.75 Å². The Morgan fingerprint density at radius 1 is 0.792 bits per heavy atom. The van der Waals surface area contributed by atoms with Gasteiger partial charge in [-0.1, -0.05) is 33.7 Å². The van der Waals surface area contributed by atoms with Gasteiger partial charge >= 0.3 is 0 Å². The Morgan fingerprint density at radius 3 is 1.67 bits per heavy atom. The highest BCUT2D eigenvalue weighted by atomic mass is 33.1. The first-order chi connectivity index (χ1) is 11.1. The minimum Gasteiger partial charge on any atom is -0.284 e. The zero-order valence-corrected chi connectivity index (χ0v) is 16.4. The molecule has 0 aromatic heterocycles. The topological polar surface area (TPSA) is 80.3 Å². The average molecular weight is 404 g/mol. The van der Waals surface area contributed by atoms with Crippen molar-refractivity contribution in [2.45, 2.75) is 15.5 Å². The first kappa shape index (κ1) is 19.2. The molecular weight excluding hydrogens is 386 g/mol. The number of benzene rings is 2. The molecule has 0 atom stereocenters. The number of sulfone groups is 1. The highest BCUT2D eigenvalue weighted by molar-refractivity contribution is 8.76. The van der Waals surface area contributed by atoms with E-state index < -0.39 is 19.9 Å². The summed E-state index contributed by atoms with van der Waals surface area (Å²) in [4.78, 5) is 2.00. The van der Waals surface area contributed by atoms with Crippen molar-refractivity contribution >= 4 is 47.1 Å². The summed E-state index contributed by atoms with van der Waals surface area (Å²) >= 11 is 0. The van der Waals surface area contributed by atoms with Crippen LogP contribution < -0.4 is 4.72 Å². The van der Waals surface area contributed by atoms with Crippen LogP contribution in [-0.2, 0) is 25.6 Å². The fraction of sp³-hybridized carbons (Fsp3) is 0.200. The van der Waals surface area contributed by atoms with Gasteiger partial charge in [0.2, 0.25) is 10.0 Å². The molecule has 130 valence electrons. The minimum atomic E-state index is -3.27. The number of nitrogens with one attached hydrogen (secondary N) is 1. The second-order valence-electron chi connectivity index (χ2n) is 5.28. The highest BCUT2D eigenvalue weighted by Crippen LogP contribution is 2.37. The molecule has 0 amide bonds. The molecule has 24 heavy (non-hydrogen) atoms. The number of sulfonamides is 1. The SMILES string of the molecule is CS(=O)(=O)Cc1ccc(SSc2ccc(NS(C)(=O)=O)cc2)cc1. The Kier molecular flexibility index (Phi) is 6.24. The summed E-state index contributed by atoms with van der Waals surface area (Å²) in [6.07, 6.45) is 2.33. The molecule has 2 aromatic carbocycles. The van der Waals surface area contributed by atoms with Crippen LogP contribution >= 0.6 is 21.6 Å². The summed E-state index contributed by atoms with van der Waals surface area (Å²) in [7, 11) is -3.20. The molecule has 0 saturated carbocycles. The van der Waals surface area contributed by atoms with Crippen molar-refractivity contribution in [3.63, 3.8) is 0 Å². The monoisotopic (exact) mass is 403 g/mol. The van der Waals surface area contributed by atoms with Crippen molar-refractivity contribution < 1.29 is 16.8 Å². The standard InChI is InChI=1S/C15H17NO4S4/c1-23(17,18)11-12-3-7-14(8-4-12)21-22-15-9-5-13(6-10-15)16-24(2,19)20/h3-10,16H,11H2,1-2H3. The largest absolute Gasteiger partial charge is 0.284 e. The average Bonchev–Trinajstić information content (AvgIpc) is 2.45. The van der Waals surface area contributed by atoms with Gasteiger partial charge in [-0.25, -0.2) is 16.8 Å². The van der Waals surface area contributed by atoms with E-state index in [0.29, 0.717) is 5.69 Å². The van der Waals surface area contributed by atoms with Crippen LogP contribution in [0.3, 0.4) is 0 Å². The van der Waals surface area contributed by atoms with Gasteiger partial charge in [0.1, 0.15) is 0 Å². The molecule has 2 rings (SSSR count). The van der Waals surface area contributed by atoms with E-state index in [0.717, 1.165) is 21.6 Å². The molecule has 0 fully saturated rings. The van der Waals surface area contributed by atoms with E-state index in [2.05, 4.69) is 4.72 Å². The van der Waals surface area contributed by atoms with E-state index in [4.69, 9.17) is 0 Å². The van der Waals surface area contributed by atoms with Crippen molar-refractivity contribution in [2.75, 3.05) is 17.2 Å². The third-order valence-corrected chi connectivity index (χ3v) is 6.63. The fourth-order valence-electron chi connectivity index (χ4n) is 1.83. The predicted molar refractivity (Wildman–Crippen MR) is 102 cm³/mol. The third-order valence-electron chi connectivity index (χ3n) is 2.74. The van der Waals surface area contributed by atoms with Gasteiger partial charge in [-0.2, -0.15) is 0 Å². The van der Waals surface area contributed by atoms with Crippen LogP contribution in [0.4, 0.5) is 5.69 Å². The molecular formula is C15H17NO4S4. The summed E-state index contributed by atoms with van der Waals surface area (Å²) in [5.41, 5.74) is 1.29. The number of rotatable bonds is 7. The second kappa shape index (κ2) is 7.81. The van der Waals surface area contributed by atoms with E-state index in [1.807, 2.05) is 36.4 Å². The molecule has 0 bridgehead atoms. The molecule has 0 aliphatic rings. The fourth-order valence-corrected chi connectivity index (χ4v) is 5.13. The molecule has 1 N–H and O–H groups in total. The van der Waals surface area contributed by atoms with Crippen molar-refractivity contribution in [3.05, 3.63) is 54.1 Å². The number of anilines is 1. The van der Waals surface area contributed by atoms with Crippen LogP contribution in [0.1, 0.15) is 5.56 Å². The lowest BCUT2D eigenvalue weighted by atomic mass is 10.2. The maximum Gasteiger partial charge on any atom is 0.229 e. The molecule has 0 heterocycles. The van der Waals surface area contributed by atoms with Crippen LogP contribution in [0.2, 0.25) is 0 Å². The molecule has 0 radical (unpaired) electrons. The first-order valence-corrected chi connectivity index (χ1v) is 12.9. The summed E-state index contributed by atoms with van der Waals surface area (Å²) in [6, 6.07) is 14.5. The highest BCUT2D eigenvalue weighted by Gasteiger charge is 2.05. The summed E-state index contributed by atoms with van der Waals surface area (Å²) in [6.45, 7) is 0. The van der Waals surface area contributed by atoms with E-state index in [1.54, 1.807) is 33.7 Å². The van der Waals surface area contributed by atoms with Gasteiger partial charge in [-0.15, -0.1) is 0 Å². The van der Waals surface area contributed by atoms with Gasteiger partial charge in [0.15, 0.2) is 9.84 Å². The Labute approximate surface area is 150 Å². The first-order valence-electron chi connectivity index (χ1n) is 6.80. The van der Waals surface area contributed by atoms with Crippen molar-refractivity contribution in [1.82, 2.24) is 0 Å². The molecule has 0 aliphatic heterocycles. The van der Waals surface area contributed by atoms with Crippen LogP contribution in [0, 0.1) is 0 Å². The summed E-state index contributed by atoms with van der Waals surface area (Å²) < 4.78 is 47.2. The predicted octanol–water partition coefficient (Wildman–Crippen LogP) is 3.40. The van der Waals surface area contributed by atoms with Gasteiger partial charge in [0.25, 0.3) is 0 Å². The lowest BCUT2D eigenvalue weighted by molar-refractivity contribution is 0.600. The Bertz CT molecular complexity index is 812. The molecule has 5 nitrogen and oxygen atoms in total. The molecule has 0 spiro atoms. The Morgan fingerprint density at radius 2 is 1.25 bits per heavy atom. The van der Waals surface area contributed by atoms with E-state index in [9.17, 15) is 16.8 Å². The van der Waals surface area contributed by atoms with Gasteiger partial charge < -0.3 is 0 Å². The lowest BCUT2D eigenvalue weighted by Gasteiger charge is -2.06. The summed E-state index contributed by atoms with van der Waals surface area (Å²) in [5.74, 6) is 0.0416. The number of hydrogen-bond donors (Lipinski definition) is 1. The molecule has 0 aliphatic carbocycles. The van der Waals surface area contributed by atoms with Gasteiger partial charge in [0, 0.05) is 21.7 Å². The van der Waals surface area contributed by atoms with Crippen molar-refractivity contribution in [2.24, 2.45) is 0 Å². The van der Waals surface area contributed by atoms with E-state index in [1.165, 1.54) is 6.26 Å². The van der Waals surface area contributed by atoms with Crippen LogP contribution in [0.15, 0.2) is 58.3 Å². The third kappa shape index (κ3) is 7.16. The second-order valence-corrected chi connectivity index (χ2v) is 11.4. The zero-order valence-electron chi connectivity index (χ0n) is 13.1. The normalized spacial score (nSPS) is 12.1. The number of hydrogen-bond acceptors (Lipinski definition) is 6. The van der Waals surface area contributed by atoms with Crippen LogP contribution in [-0.4, -0.2) is 29.3 Å². The Hall–Kier alpha value is -1.16. The quantitative estimate of drug-likeness (QED) is 0.714. The van der Waals surface area contributed by atoms with Gasteiger partial charge in [0.05, 0.1) is 12.0 Å². The van der Waals surface area contributed by atoms with Crippen molar-refractivity contribution in [3.8, 4) is 0 Å².